The number of anilines is 2. The standard InChI is InChI=1S/C27H24Cl2N2O3/c1-27(2)13-20-24(22(33)14-27)25(30-19-7-5-8-21(32)26(19)31-20)16-11-10-15(12-18(16)29)34-23-9-4-3-6-17(23)28/h3-12,25,30-32H,13-14H2,1-2H3. The largest absolute Gasteiger partial charge is 0.506 e. The molecule has 7 heteroatoms. The van der Waals surface area contributed by atoms with Gasteiger partial charge in [0.05, 0.1) is 16.8 Å². The lowest BCUT2D eigenvalue weighted by atomic mass is 9.73. The highest BCUT2D eigenvalue weighted by atomic mass is 35.5. The van der Waals surface area contributed by atoms with Gasteiger partial charge in [-0.05, 0) is 53.8 Å². The minimum absolute atomic E-state index is 0.0519. The van der Waals surface area contributed by atoms with E-state index in [0.717, 1.165) is 11.3 Å². The van der Waals surface area contributed by atoms with Crippen LogP contribution in [0.1, 0.15) is 38.3 Å². The maximum Gasteiger partial charge on any atom is 0.163 e. The summed E-state index contributed by atoms with van der Waals surface area (Å²) in [6.45, 7) is 4.15. The number of fused-ring (bicyclic) bond motifs is 1. The molecular weight excluding hydrogens is 471 g/mol. The van der Waals surface area contributed by atoms with Gasteiger partial charge in [0.15, 0.2) is 5.78 Å². The van der Waals surface area contributed by atoms with E-state index in [1.807, 2.05) is 30.3 Å². The van der Waals surface area contributed by atoms with Crippen LogP contribution < -0.4 is 15.4 Å². The van der Waals surface area contributed by atoms with Crippen molar-refractivity contribution in [1.29, 1.82) is 0 Å². The number of phenolic OH excluding ortho intramolecular Hbond substituents is 1. The molecule has 3 N–H and O–H groups in total. The number of para-hydroxylation sites is 2. The van der Waals surface area contributed by atoms with Gasteiger partial charge >= 0.3 is 0 Å². The summed E-state index contributed by atoms with van der Waals surface area (Å²) in [4.78, 5) is 13.4. The van der Waals surface area contributed by atoms with Crippen LogP contribution in [-0.2, 0) is 4.79 Å². The van der Waals surface area contributed by atoms with Gasteiger partial charge in [-0.3, -0.25) is 4.79 Å². The van der Waals surface area contributed by atoms with Crippen LogP contribution in [0, 0.1) is 5.41 Å². The lowest BCUT2D eigenvalue weighted by Crippen LogP contribution is -2.31. The van der Waals surface area contributed by atoms with Crippen molar-refractivity contribution in [3.63, 3.8) is 0 Å². The monoisotopic (exact) mass is 494 g/mol. The molecular formula is C27H24Cl2N2O3. The molecule has 1 aliphatic carbocycles. The molecule has 5 rings (SSSR count). The van der Waals surface area contributed by atoms with Gasteiger partial charge in [-0.25, -0.2) is 0 Å². The zero-order chi connectivity index (χ0) is 24.0. The molecule has 0 amide bonds. The van der Waals surface area contributed by atoms with Crippen molar-refractivity contribution in [2.75, 3.05) is 10.6 Å². The Morgan fingerprint density at radius 1 is 1.00 bits per heavy atom. The van der Waals surface area contributed by atoms with Crippen LogP contribution in [-0.4, -0.2) is 10.9 Å². The molecule has 1 heterocycles. The molecule has 1 atom stereocenters. The maximum absolute atomic E-state index is 13.4. The van der Waals surface area contributed by atoms with Crippen molar-refractivity contribution < 1.29 is 14.6 Å². The fourth-order valence-electron chi connectivity index (χ4n) is 4.64. The summed E-state index contributed by atoms with van der Waals surface area (Å²) >= 11 is 13.0. The quantitative estimate of drug-likeness (QED) is 0.325. The number of hydrogen-bond donors (Lipinski definition) is 3. The third-order valence-electron chi connectivity index (χ3n) is 6.17. The summed E-state index contributed by atoms with van der Waals surface area (Å²) in [5, 5.41) is 18.3. The van der Waals surface area contributed by atoms with Crippen LogP contribution in [0.5, 0.6) is 17.2 Å². The molecule has 34 heavy (non-hydrogen) atoms. The zero-order valence-electron chi connectivity index (χ0n) is 18.8. The van der Waals surface area contributed by atoms with Crippen molar-refractivity contribution in [2.45, 2.75) is 32.7 Å². The Balaban J connectivity index is 1.58. The summed E-state index contributed by atoms with van der Waals surface area (Å²) in [6.07, 6.45) is 1.10. The van der Waals surface area contributed by atoms with Crippen LogP contribution in [0.25, 0.3) is 0 Å². The molecule has 0 bridgehead atoms. The minimum atomic E-state index is -0.490. The molecule has 0 saturated carbocycles. The summed E-state index contributed by atoms with van der Waals surface area (Å²) in [6, 6.07) is 17.4. The minimum Gasteiger partial charge on any atom is -0.506 e. The van der Waals surface area contributed by atoms with Gasteiger partial charge in [-0.1, -0.05) is 61.3 Å². The number of allylic oxidation sites excluding steroid dienone is 1. The second-order valence-electron chi connectivity index (χ2n) is 9.45. The first-order valence-corrected chi connectivity index (χ1v) is 11.8. The molecule has 0 spiro atoms. The third-order valence-corrected chi connectivity index (χ3v) is 6.81. The van der Waals surface area contributed by atoms with Gasteiger partial charge in [0.25, 0.3) is 0 Å². The van der Waals surface area contributed by atoms with E-state index in [1.165, 1.54) is 0 Å². The average molecular weight is 495 g/mol. The van der Waals surface area contributed by atoms with Crippen LogP contribution in [0.2, 0.25) is 10.0 Å². The van der Waals surface area contributed by atoms with E-state index in [1.54, 1.807) is 30.3 Å². The highest BCUT2D eigenvalue weighted by molar-refractivity contribution is 6.32. The highest BCUT2D eigenvalue weighted by Crippen LogP contribution is 2.48. The molecule has 0 saturated heterocycles. The number of ether oxygens (including phenoxy) is 1. The molecule has 3 aromatic rings. The number of carbonyl (C=O) groups excluding carboxylic acids is 1. The Bertz CT molecular complexity index is 1330. The molecule has 1 aliphatic heterocycles. The number of rotatable bonds is 3. The van der Waals surface area contributed by atoms with Crippen LogP contribution in [0.15, 0.2) is 71.9 Å². The van der Waals surface area contributed by atoms with E-state index in [9.17, 15) is 9.90 Å². The van der Waals surface area contributed by atoms with E-state index in [-0.39, 0.29) is 16.9 Å². The number of ketones is 1. The van der Waals surface area contributed by atoms with E-state index in [0.29, 0.717) is 51.3 Å². The van der Waals surface area contributed by atoms with E-state index in [2.05, 4.69) is 24.5 Å². The Morgan fingerprint density at radius 3 is 2.56 bits per heavy atom. The van der Waals surface area contributed by atoms with Crippen molar-refractivity contribution in [1.82, 2.24) is 0 Å². The summed E-state index contributed by atoms with van der Waals surface area (Å²) in [5.41, 5.74) is 3.23. The van der Waals surface area contributed by atoms with Crippen LogP contribution in [0.4, 0.5) is 11.4 Å². The van der Waals surface area contributed by atoms with E-state index >= 15 is 0 Å². The number of benzene rings is 3. The molecule has 3 aromatic carbocycles. The number of phenols is 1. The van der Waals surface area contributed by atoms with Gasteiger partial charge in [0.2, 0.25) is 0 Å². The number of Topliss-reactive ketones (excluding diaryl/α,β-unsaturated/α-hetero) is 1. The predicted molar refractivity (Wildman–Crippen MR) is 136 cm³/mol. The number of aromatic hydroxyl groups is 1. The van der Waals surface area contributed by atoms with Gasteiger partial charge in [-0.2, -0.15) is 0 Å². The third kappa shape index (κ3) is 4.22. The Kier molecular flexibility index (Phi) is 5.70. The molecule has 1 unspecified atom stereocenters. The molecule has 0 radical (unpaired) electrons. The second-order valence-corrected chi connectivity index (χ2v) is 10.3. The molecule has 0 fully saturated rings. The van der Waals surface area contributed by atoms with Gasteiger partial charge in [0, 0.05) is 22.7 Å². The van der Waals surface area contributed by atoms with Crippen molar-refractivity contribution in [3.05, 3.63) is 87.5 Å². The average Bonchev–Trinajstić information content (AvgIpc) is 2.92. The van der Waals surface area contributed by atoms with E-state index in [4.69, 9.17) is 27.9 Å². The normalized spacial score (nSPS) is 18.8. The first-order chi connectivity index (χ1) is 16.2. The molecule has 0 aromatic heterocycles. The van der Waals surface area contributed by atoms with Crippen molar-refractivity contribution in [3.8, 4) is 17.2 Å². The number of carbonyl (C=O) groups is 1. The predicted octanol–water partition coefficient (Wildman–Crippen LogP) is 7.71. The molecule has 2 aliphatic rings. The first kappa shape index (κ1) is 22.6. The fraction of sp³-hybridized carbons (Fsp3) is 0.222. The lowest BCUT2D eigenvalue weighted by molar-refractivity contribution is -0.118. The summed E-state index contributed by atoms with van der Waals surface area (Å²) in [7, 11) is 0. The maximum atomic E-state index is 13.4. The first-order valence-electron chi connectivity index (χ1n) is 11.1. The Hall–Kier alpha value is -3.15. The lowest BCUT2D eigenvalue weighted by Gasteiger charge is -2.34. The van der Waals surface area contributed by atoms with Crippen molar-refractivity contribution >= 4 is 40.4 Å². The second kappa shape index (κ2) is 8.57. The SMILES string of the molecule is CC1(C)CC(=O)C2=C(C1)Nc1c(O)cccc1NC2c1ccc(Oc2ccccc2Cl)cc1Cl. The van der Waals surface area contributed by atoms with E-state index < -0.39 is 6.04 Å². The molecule has 174 valence electrons. The highest BCUT2D eigenvalue weighted by Gasteiger charge is 2.39. The van der Waals surface area contributed by atoms with Gasteiger partial charge in [-0.15, -0.1) is 0 Å². The Morgan fingerprint density at radius 2 is 1.79 bits per heavy atom. The fourth-order valence-corrected chi connectivity index (χ4v) is 5.10. The van der Waals surface area contributed by atoms with Gasteiger partial charge in [0.1, 0.15) is 22.9 Å². The Labute approximate surface area is 208 Å². The number of hydrogen-bond acceptors (Lipinski definition) is 5. The molecule has 5 nitrogen and oxygen atoms in total. The van der Waals surface area contributed by atoms with Crippen LogP contribution >= 0.6 is 23.2 Å². The number of halogens is 2. The van der Waals surface area contributed by atoms with Crippen LogP contribution in [0.3, 0.4) is 0 Å². The summed E-state index contributed by atoms with van der Waals surface area (Å²) in [5.74, 6) is 1.24. The van der Waals surface area contributed by atoms with Crippen molar-refractivity contribution in [2.24, 2.45) is 5.41 Å². The smallest absolute Gasteiger partial charge is 0.163 e. The topological polar surface area (TPSA) is 70.6 Å². The summed E-state index contributed by atoms with van der Waals surface area (Å²) < 4.78 is 5.92. The van der Waals surface area contributed by atoms with Gasteiger partial charge < -0.3 is 20.5 Å². The number of nitrogens with one attached hydrogen (secondary N) is 2. The zero-order valence-corrected chi connectivity index (χ0v) is 20.3.